The minimum absolute atomic E-state index is 0.0170. The minimum Gasteiger partial charge on any atom is -0.325 e. The van der Waals surface area contributed by atoms with E-state index in [0.29, 0.717) is 12.0 Å². The van der Waals surface area contributed by atoms with Crippen LogP contribution in [0.4, 0.5) is 5.69 Å². The van der Waals surface area contributed by atoms with Crippen LogP contribution in [0, 0.1) is 5.92 Å². The zero-order chi connectivity index (χ0) is 15.1. The summed E-state index contributed by atoms with van der Waals surface area (Å²) in [6.07, 6.45) is 1.15. The molecule has 5 heteroatoms. The Balaban J connectivity index is 2.57. The molecule has 0 aromatic carbocycles. The van der Waals surface area contributed by atoms with Gasteiger partial charge in [0, 0.05) is 30.9 Å². The molecule has 0 bridgehead atoms. The lowest BCUT2D eigenvalue weighted by Crippen LogP contribution is -2.38. The Morgan fingerprint density at radius 3 is 2.65 bits per heavy atom. The van der Waals surface area contributed by atoms with Crippen molar-refractivity contribution in [2.24, 2.45) is 5.92 Å². The first-order valence-electron chi connectivity index (χ1n) is 7.10. The van der Waals surface area contributed by atoms with Crippen LogP contribution in [0.3, 0.4) is 0 Å². The van der Waals surface area contributed by atoms with Crippen LogP contribution >= 0.6 is 11.3 Å². The van der Waals surface area contributed by atoms with E-state index in [4.69, 9.17) is 0 Å². The van der Waals surface area contributed by atoms with Gasteiger partial charge in [-0.25, -0.2) is 0 Å². The van der Waals surface area contributed by atoms with Gasteiger partial charge in [-0.2, -0.15) is 0 Å². The molecule has 0 aliphatic carbocycles. The number of amides is 1. The maximum Gasteiger partial charge on any atom is 0.221 e. The molecule has 1 heterocycles. The molecule has 114 valence electrons. The zero-order valence-corrected chi connectivity index (χ0v) is 14.0. The van der Waals surface area contributed by atoms with Crippen molar-refractivity contribution in [1.29, 1.82) is 0 Å². The highest BCUT2D eigenvalue weighted by Gasteiger charge is 2.13. The van der Waals surface area contributed by atoms with Crippen LogP contribution < -0.4 is 10.6 Å². The summed E-state index contributed by atoms with van der Waals surface area (Å²) >= 11 is 1.68. The van der Waals surface area contributed by atoms with Crippen molar-refractivity contribution in [3.63, 3.8) is 0 Å². The second kappa shape index (κ2) is 8.39. The van der Waals surface area contributed by atoms with Gasteiger partial charge in [0.15, 0.2) is 0 Å². The number of likely N-dealkylation sites (N-methyl/N-ethyl adjacent to an activating group) is 1. The van der Waals surface area contributed by atoms with Crippen LogP contribution in [0.25, 0.3) is 0 Å². The number of carbonyl (C=O) groups is 1. The average Bonchev–Trinajstić information content (AvgIpc) is 2.71. The molecule has 0 saturated heterocycles. The topological polar surface area (TPSA) is 44.4 Å². The second-order valence-corrected chi connectivity index (χ2v) is 6.91. The van der Waals surface area contributed by atoms with Crippen LogP contribution in [0.1, 0.15) is 32.1 Å². The van der Waals surface area contributed by atoms with Gasteiger partial charge in [-0.15, -0.1) is 11.3 Å². The van der Waals surface area contributed by atoms with Gasteiger partial charge in [0.05, 0.1) is 5.69 Å². The molecule has 1 atom stereocenters. The first-order valence-corrected chi connectivity index (χ1v) is 7.98. The fourth-order valence-electron chi connectivity index (χ4n) is 2.25. The monoisotopic (exact) mass is 297 g/mol. The Morgan fingerprint density at radius 2 is 2.10 bits per heavy atom. The third-order valence-electron chi connectivity index (χ3n) is 2.95. The first-order chi connectivity index (χ1) is 9.38. The number of nitrogens with zero attached hydrogens (tertiary/aromatic N) is 1. The predicted molar refractivity (Wildman–Crippen MR) is 87.3 cm³/mol. The summed E-state index contributed by atoms with van der Waals surface area (Å²) in [5.74, 6) is 0.655. The molecule has 2 N–H and O–H groups in total. The third kappa shape index (κ3) is 6.50. The molecule has 0 fully saturated rings. The largest absolute Gasteiger partial charge is 0.325 e. The Kier molecular flexibility index (Phi) is 7.19. The summed E-state index contributed by atoms with van der Waals surface area (Å²) in [5.41, 5.74) is 0.933. The molecule has 0 radical (unpaired) electrons. The molecule has 1 amide bonds. The van der Waals surface area contributed by atoms with Crippen LogP contribution in [0.15, 0.2) is 11.4 Å². The number of carbonyl (C=O) groups excluding carboxylic acids is 1. The summed E-state index contributed by atoms with van der Waals surface area (Å²) in [6.45, 7) is 7.87. The van der Waals surface area contributed by atoms with Crippen molar-refractivity contribution in [3.8, 4) is 0 Å². The second-order valence-electron chi connectivity index (χ2n) is 5.91. The van der Waals surface area contributed by atoms with Gasteiger partial charge in [-0.3, -0.25) is 4.79 Å². The van der Waals surface area contributed by atoms with Crippen molar-refractivity contribution in [1.82, 2.24) is 10.2 Å². The van der Waals surface area contributed by atoms with Gasteiger partial charge in [-0.1, -0.05) is 13.8 Å². The summed E-state index contributed by atoms with van der Waals surface area (Å²) in [7, 11) is 4.20. The van der Waals surface area contributed by atoms with Crippen molar-refractivity contribution < 1.29 is 4.79 Å². The molecule has 1 aromatic rings. The Labute approximate surface area is 126 Å². The standard InChI is InChI=1S/C15H27N3OS/c1-11(2)8-13(10-18(4)5)16-9-15-14(6-7-20-15)17-12(3)19/h6-7,11,13,16H,8-10H2,1-5H3,(H,17,19). The van der Waals surface area contributed by atoms with Crippen molar-refractivity contribution in [3.05, 3.63) is 16.3 Å². The highest BCUT2D eigenvalue weighted by atomic mass is 32.1. The summed E-state index contributed by atoms with van der Waals surface area (Å²) in [4.78, 5) is 14.6. The molecule has 20 heavy (non-hydrogen) atoms. The van der Waals surface area contributed by atoms with E-state index in [1.165, 1.54) is 4.88 Å². The summed E-state index contributed by atoms with van der Waals surface area (Å²) in [5, 5.41) is 8.52. The van der Waals surface area contributed by atoms with E-state index >= 15 is 0 Å². The number of thiophene rings is 1. The lowest BCUT2D eigenvalue weighted by Gasteiger charge is -2.24. The van der Waals surface area contributed by atoms with E-state index < -0.39 is 0 Å². The third-order valence-corrected chi connectivity index (χ3v) is 3.87. The molecule has 4 nitrogen and oxygen atoms in total. The van der Waals surface area contributed by atoms with E-state index in [0.717, 1.165) is 25.2 Å². The quantitative estimate of drug-likeness (QED) is 0.775. The average molecular weight is 297 g/mol. The predicted octanol–water partition coefficient (Wildman–Crippen LogP) is 2.77. The molecule has 0 aliphatic rings. The van der Waals surface area contributed by atoms with E-state index in [9.17, 15) is 4.79 Å². The Bertz CT molecular complexity index is 405. The van der Waals surface area contributed by atoms with E-state index in [1.807, 2.05) is 11.4 Å². The molecular weight excluding hydrogens is 270 g/mol. The lowest BCUT2D eigenvalue weighted by atomic mass is 10.0. The van der Waals surface area contributed by atoms with E-state index in [1.54, 1.807) is 18.3 Å². The van der Waals surface area contributed by atoms with Crippen LogP contribution in [-0.2, 0) is 11.3 Å². The fraction of sp³-hybridized carbons (Fsp3) is 0.667. The molecule has 0 saturated carbocycles. The van der Waals surface area contributed by atoms with Crippen molar-refractivity contribution in [2.75, 3.05) is 26.0 Å². The number of rotatable bonds is 8. The Hall–Kier alpha value is -0.910. The molecule has 0 aliphatic heterocycles. The van der Waals surface area contributed by atoms with Gasteiger partial charge in [0.2, 0.25) is 5.91 Å². The normalized spacial score (nSPS) is 12.9. The van der Waals surface area contributed by atoms with Crippen molar-refractivity contribution in [2.45, 2.75) is 39.8 Å². The maximum absolute atomic E-state index is 11.2. The highest BCUT2D eigenvalue weighted by Crippen LogP contribution is 2.22. The van der Waals surface area contributed by atoms with Crippen LogP contribution in [-0.4, -0.2) is 37.5 Å². The van der Waals surface area contributed by atoms with Gasteiger partial charge in [0.1, 0.15) is 0 Å². The molecule has 1 unspecified atom stereocenters. The Morgan fingerprint density at radius 1 is 1.40 bits per heavy atom. The van der Waals surface area contributed by atoms with Crippen LogP contribution in [0.2, 0.25) is 0 Å². The maximum atomic E-state index is 11.2. The number of nitrogens with one attached hydrogen (secondary N) is 2. The molecule has 0 spiro atoms. The van der Waals surface area contributed by atoms with Gasteiger partial charge >= 0.3 is 0 Å². The highest BCUT2D eigenvalue weighted by molar-refractivity contribution is 7.10. The smallest absolute Gasteiger partial charge is 0.221 e. The van der Waals surface area contributed by atoms with E-state index in [-0.39, 0.29) is 5.91 Å². The molecule has 1 rings (SSSR count). The van der Waals surface area contributed by atoms with Gasteiger partial charge in [0.25, 0.3) is 0 Å². The van der Waals surface area contributed by atoms with Crippen molar-refractivity contribution >= 4 is 22.9 Å². The summed E-state index contributed by atoms with van der Waals surface area (Å²) < 4.78 is 0. The number of anilines is 1. The zero-order valence-electron chi connectivity index (χ0n) is 13.2. The number of hydrogen-bond donors (Lipinski definition) is 2. The van der Waals surface area contributed by atoms with E-state index in [2.05, 4.69) is 43.5 Å². The van der Waals surface area contributed by atoms with Gasteiger partial charge in [-0.05, 0) is 37.9 Å². The SMILES string of the molecule is CC(=O)Nc1ccsc1CNC(CC(C)C)CN(C)C. The fourth-order valence-corrected chi connectivity index (χ4v) is 3.03. The summed E-state index contributed by atoms with van der Waals surface area (Å²) in [6, 6.07) is 2.43. The van der Waals surface area contributed by atoms with Gasteiger partial charge < -0.3 is 15.5 Å². The molecular formula is C15H27N3OS. The first kappa shape index (κ1) is 17.1. The lowest BCUT2D eigenvalue weighted by molar-refractivity contribution is -0.114. The molecule has 1 aromatic heterocycles. The van der Waals surface area contributed by atoms with Crippen LogP contribution in [0.5, 0.6) is 0 Å². The number of hydrogen-bond acceptors (Lipinski definition) is 4. The minimum atomic E-state index is -0.0170.